The highest BCUT2D eigenvalue weighted by Gasteiger charge is 2.47. The Bertz CT molecular complexity index is 2030. The number of piperidine rings is 1. The van der Waals surface area contributed by atoms with Crippen molar-refractivity contribution in [1.29, 1.82) is 0 Å². The van der Waals surface area contributed by atoms with Gasteiger partial charge in [-0.1, -0.05) is 35.5 Å². The van der Waals surface area contributed by atoms with Crippen molar-refractivity contribution in [3.63, 3.8) is 0 Å². The van der Waals surface area contributed by atoms with Gasteiger partial charge in [0.25, 0.3) is 11.5 Å². The minimum atomic E-state index is -1.20. The van der Waals surface area contributed by atoms with Gasteiger partial charge < -0.3 is 26.2 Å². The minimum absolute atomic E-state index is 0.124. The highest BCUT2D eigenvalue weighted by molar-refractivity contribution is 7.99. The number of benzene rings is 1. The molecule has 13 nitrogen and oxygen atoms in total. The number of pyridine rings is 1. The van der Waals surface area contributed by atoms with Gasteiger partial charge in [-0.3, -0.25) is 19.1 Å². The number of halogens is 1. The second-order valence-electron chi connectivity index (χ2n) is 12.4. The van der Waals surface area contributed by atoms with Gasteiger partial charge in [-0.15, -0.1) is 0 Å². The lowest BCUT2D eigenvalue weighted by molar-refractivity contribution is 0.0689. The first-order valence-electron chi connectivity index (χ1n) is 15.7. The van der Waals surface area contributed by atoms with Crippen molar-refractivity contribution in [3.8, 4) is 5.88 Å². The van der Waals surface area contributed by atoms with E-state index in [4.69, 9.17) is 22.3 Å². The summed E-state index contributed by atoms with van der Waals surface area (Å²) in [6.45, 7) is 3.33. The second-order valence-corrected chi connectivity index (χ2v) is 13.9. The van der Waals surface area contributed by atoms with Crippen LogP contribution in [0.4, 0.5) is 11.5 Å². The molecule has 4 aromatic rings. The normalized spacial score (nSPS) is 18.0. The van der Waals surface area contributed by atoms with E-state index in [1.54, 1.807) is 31.3 Å². The third-order valence-electron chi connectivity index (χ3n) is 9.62. The highest BCUT2D eigenvalue weighted by Crippen LogP contribution is 2.50. The summed E-state index contributed by atoms with van der Waals surface area (Å²) < 4.78 is 1.42. The number of carbonyl (C=O) groups excluding carboxylic acids is 1. The molecule has 1 saturated heterocycles. The summed E-state index contributed by atoms with van der Waals surface area (Å²) in [6.07, 6.45) is 6.29. The van der Waals surface area contributed by atoms with Gasteiger partial charge >= 0.3 is 5.97 Å². The van der Waals surface area contributed by atoms with E-state index in [9.17, 15) is 24.6 Å². The number of aryl methyl sites for hydroxylation is 2. The molecular weight excluding hydrogens is 656 g/mol. The molecule has 1 spiro atoms. The molecule has 48 heavy (non-hydrogen) atoms. The van der Waals surface area contributed by atoms with Gasteiger partial charge in [0.05, 0.1) is 16.4 Å². The van der Waals surface area contributed by atoms with Crippen LogP contribution in [0.3, 0.4) is 0 Å². The summed E-state index contributed by atoms with van der Waals surface area (Å²) in [4.78, 5) is 59.0. The molecule has 7 rings (SSSR count). The first-order chi connectivity index (χ1) is 23.1. The number of carboxylic acids is 1. The van der Waals surface area contributed by atoms with Gasteiger partial charge in [0, 0.05) is 48.9 Å². The third-order valence-corrected chi connectivity index (χ3v) is 11.3. The lowest BCUT2D eigenvalue weighted by Crippen LogP contribution is -2.45. The summed E-state index contributed by atoms with van der Waals surface area (Å²) in [6, 6.07) is 8.74. The minimum Gasteiger partial charge on any atom is -0.493 e. The zero-order valence-corrected chi connectivity index (χ0v) is 27.6. The summed E-state index contributed by atoms with van der Waals surface area (Å²) in [5.74, 6) is -1.92. The smallest absolute Gasteiger partial charge is 0.358 e. The van der Waals surface area contributed by atoms with E-state index in [0.717, 1.165) is 55.1 Å². The first kappa shape index (κ1) is 32.0. The van der Waals surface area contributed by atoms with Crippen molar-refractivity contribution in [2.24, 2.45) is 11.1 Å². The number of amides is 1. The van der Waals surface area contributed by atoms with Crippen LogP contribution in [-0.2, 0) is 19.4 Å². The van der Waals surface area contributed by atoms with E-state index in [0.29, 0.717) is 53.3 Å². The van der Waals surface area contributed by atoms with Crippen molar-refractivity contribution >= 4 is 46.7 Å². The molecule has 1 unspecified atom stereocenters. The van der Waals surface area contributed by atoms with Gasteiger partial charge in [0.15, 0.2) is 17.1 Å². The molecule has 0 bridgehead atoms. The lowest BCUT2D eigenvalue weighted by atomic mass is 9.73. The monoisotopic (exact) mass is 688 g/mol. The van der Waals surface area contributed by atoms with Crippen molar-refractivity contribution in [2.75, 3.05) is 23.3 Å². The Balaban J connectivity index is 1.10. The van der Waals surface area contributed by atoms with Crippen LogP contribution in [0.2, 0.25) is 5.02 Å². The standard InChI is InChI=1S/C33H33ClN8O5S/c1-17-30(40-25(32(46)47)27(37-17)41-14-10-33(11-15-41)16-20-18(26(33)35)6-5-12-36-20)48-21-8-4-7-19(24(21)34)38-28(43)23-29(44)39-22-9-2-3-13-42(22)31(23)45/h4-8,12,26,44H,2-3,9-11,13-16,35H2,1H3,(H,38,43)(H,46,47). The van der Waals surface area contributed by atoms with Gasteiger partial charge in [0.2, 0.25) is 5.88 Å². The number of anilines is 2. The van der Waals surface area contributed by atoms with Crippen LogP contribution >= 0.6 is 23.4 Å². The highest BCUT2D eigenvalue weighted by atomic mass is 35.5. The van der Waals surface area contributed by atoms with Crippen LogP contribution in [-0.4, -0.2) is 59.7 Å². The predicted octanol–water partition coefficient (Wildman–Crippen LogP) is 4.38. The van der Waals surface area contributed by atoms with Crippen LogP contribution in [0.5, 0.6) is 5.88 Å². The van der Waals surface area contributed by atoms with Crippen LogP contribution in [0, 0.1) is 12.3 Å². The molecule has 0 radical (unpaired) electrons. The fourth-order valence-corrected chi connectivity index (χ4v) is 8.17. The van der Waals surface area contributed by atoms with E-state index in [1.165, 1.54) is 4.57 Å². The zero-order chi connectivity index (χ0) is 33.7. The van der Waals surface area contributed by atoms with E-state index in [2.05, 4.69) is 20.3 Å². The second kappa shape index (κ2) is 12.5. The Labute approximate surface area is 284 Å². The van der Waals surface area contributed by atoms with Crippen LogP contribution < -0.4 is 21.5 Å². The third kappa shape index (κ3) is 5.57. The molecule has 1 atom stereocenters. The molecule has 1 aliphatic carbocycles. The molecule has 3 aliphatic rings. The number of carboxylic acid groups (broad SMARTS) is 1. The largest absolute Gasteiger partial charge is 0.493 e. The Morgan fingerprint density at radius 2 is 1.90 bits per heavy atom. The van der Waals surface area contributed by atoms with Crippen molar-refractivity contribution in [1.82, 2.24) is 24.5 Å². The van der Waals surface area contributed by atoms with Gasteiger partial charge in [-0.2, -0.15) is 4.98 Å². The number of hydrogen-bond acceptors (Lipinski definition) is 11. The molecule has 2 aliphatic heterocycles. The predicted molar refractivity (Wildman–Crippen MR) is 179 cm³/mol. The van der Waals surface area contributed by atoms with E-state index in [-0.39, 0.29) is 27.9 Å². The Morgan fingerprint density at radius 3 is 2.65 bits per heavy atom. The molecule has 5 heterocycles. The lowest BCUT2D eigenvalue weighted by Gasteiger charge is -2.42. The zero-order valence-electron chi connectivity index (χ0n) is 26.1. The summed E-state index contributed by atoms with van der Waals surface area (Å²) in [7, 11) is 0. The molecule has 1 amide bonds. The summed E-state index contributed by atoms with van der Waals surface area (Å²) in [5, 5.41) is 23.7. The average Bonchev–Trinajstić information content (AvgIpc) is 3.34. The summed E-state index contributed by atoms with van der Waals surface area (Å²) in [5.41, 5.74) is 8.16. The molecular formula is C33H33ClN8O5S. The molecule has 1 aromatic carbocycles. The van der Waals surface area contributed by atoms with Crippen LogP contribution in [0.15, 0.2) is 51.2 Å². The van der Waals surface area contributed by atoms with E-state index >= 15 is 0 Å². The molecule has 5 N–H and O–H groups in total. The number of nitrogens with two attached hydrogens (primary N) is 1. The summed E-state index contributed by atoms with van der Waals surface area (Å²) >= 11 is 7.82. The van der Waals surface area contributed by atoms with Gasteiger partial charge in [-0.25, -0.2) is 14.8 Å². The van der Waals surface area contributed by atoms with Crippen molar-refractivity contribution in [3.05, 3.63) is 85.9 Å². The topological polar surface area (TPSA) is 189 Å². The van der Waals surface area contributed by atoms with Crippen molar-refractivity contribution in [2.45, 2.75) is 68.0 Å². The van der Waals surface area contributed by atoms with Crippen molar-refractivity contribution < 1.29 is 19.8 Å². The molecule has 248 valence electrons. The number of fused-ring (bicyclic) bond motifs is 2. The SMILES string of the molecule is Cc1nc(N2CCC3(CC2)Cc2ncccc2C3N)c(C(=O)O)nc1Sc1cccc(NC(=O)c2c(O)nc3n(c2=O)CCCC3)c1Cl. The molecule has 1 fully saturated rings. The number of nitrogens with one attached hydrogen (secondary N) is 1. The van der Waals surface area contributed by atoms with Gasteiger partial charge in [0.1, 0.15) is 10.9 Å². The Morgan fingerprint density at radius 1 is 1.10 bits per heavy atom. The van der Waals surface area contributed by atoms with E-state index in [1.807, 2.05) is 17.0 Å². The van der Waals surface area contributed by atoms with E-state index < -0.39 is 28.9 Å². The number of nitrogens with zero attached hydrogens (tertiary/aromatic N) is 6. The number of aromatic carboxylic acids is 1. The molecule has 0 saturated carbocycles. The maximum atomic E-state index is 13.2. The number of aromatic nitrogens is 5. The maximum Gasteiger partial charge on any atom is 0.358 e. The fraction of sp³-hybridized carbons (Fsp3) is 0.364. The Kier molecular flexibility index (Phi) is 8.34. The number of hydrogen-bond donors (Lipinski definition) is 4. The maximum absolute atomic E-state index is 13.2. The Hall–Kier alpha value is -4.53. The first-order valence-corrected chi connectivity index (χ1v) is 16.9. The molecule has 3 aromatic heterocycles. The van der Waals surface area contributed by atoms with Crippen LogP contribution in [0.1, 0.15) is 75.3 Å². The number of rotatable bonds is 6. The molecule has 15 heteroatoms. The quantitative estimate of drug-likeness (QED) is 0.224. The number of carbonyl (C=O) groups is 2. The number of aromatic hydroxyl groups is 1. The van der Waals surface area contributed by atoms with Gasteiger partial charge in [-0.05, 0) is 68.2 Å². The van der Waals surface area contributed by atoms with Crippen LogP contribution in [0.25, 0.3) is 0 Å². The fourth-order valence-electron chi connectivity index (χ4n) is 6.99. The average molecular weight is 689 g/mol.